The highest BCUT2D eigenvalue weighted by atomic mass is 16.3. The lowest BCUT2D eigenvalue weighted by Crippen LogP contribution is -2.26. The molecule has 12 aromatic carbocycles. The lowest BCUT2D eigenvalue weighted by molar-refractivity contribution is 0.670. The molecule has 1 aromatic heterocycles. The van der Waals surface area contributed by atoms with Gasteiger partial charge in [0.2, 0.25) is 0 Å². The lowest BCUT2D eigenvalue weighted by atomic mass is 9.70. The predicted octanol–water partition coefficient (Wildman–Crippen LogP) is 18.6. The molecule has 342 valence electrons. The van der Waals surface area contributed by atoms with E-state index in [4.69, 9.17) is 4.42 Å². The molecule has 0 fully saturated rings. The van der Waals surface area contributed by atoms with Crippen LogP contribution in [0.4, 0.5) is 17.1 Å². The Kier molecular flexibility index (Phi) is 7.90. The number of nitrogens with zero attached hydrogens (tertiary/aromatic N) is 1. The van der Waals surface area contributed by atoms with Gasteiger partial charge in [-0.25, -0.2) is 0 Å². The fourth-order valence-corrected chi connectivity index (χ4v) is 14.7. The highest BCUT2D eigenvalue weighted by Crippen LogP contribution is 2.68. The standard InChI is InChI=1S/C72H43NO/c1-2-21-44(22-3-1)47-31-18-32-54-66-46-24-5-4-23-45(46)43-65(70(66)74-69(47)54)73(63-41-19-39-61-67(63)52-29-10-16-37-59(52)71(61)55-33-12-6-25-48(55)49-26-7-13-34-56(49)71)64-42-20-40-62-68(64)53-30-11-17-38-60(53)72(62)57-35-14-8-27-50(57)51-28-9-15-36-58(51)72/h1-43H. The lowest BCUT2D eigenvalue weighted by Gasteiger charge is -2.33. The zero-order chi connectivity index (χ0) is 48.3. The van der Waals surface area contributed by atoms with Gasteiger partial charge in [0.05, 0.1) is 27.9 Å². The van der Waals surface area contributed by atoms with E-state index in [1.54, 1.807) is 0 Å². The third-order valence-corrected chi connectivity index (χ3v) is 17.3. The Labute approximate surface area is 428 Å². The first-order valence-electron chi connectivity index (χ1n) is 25.8. The van der Waals surface area contributed by atoms with Crippen molar-refractivity contribution in [3.05, 3.63) is 305 Å². The number of anilines is 3. The van der Waals surface area contributed by atoms with Crippen LogP contribution >= 0.6 is 0 Å². The predicted molar refractivity (Wildman–Crippen MR) is 304 cm³/mol. The topological polar surface area (TPSA) is 16.4 Å². The van der Waals surface area contributed by atoms with Crippen molar-refractivity contribution >= 4 is 49.8 Å². The van der Waals surface area contributed by atoms with Gasteiger partial charge >= 0.3 is 0 Å². The van der Waals surface area contributed by atoms with Gasteiger partial charge in [0.25, 0.3) is 0 Å². The maximum absolute atomic E-state index is 7.61. The minimum Gasteiger partial charge on any atom is -0.453 e. The summed E-state index contributed by atoms with van der Waals surface area (Å²) in [5.41, 5.74) is 26.7. The molecule has 4 aliphatic carbocycles. The Balaban J connectivity index is 1.04. The summed E-state index contributed by atoms with van der Waals surface area (Å²) in [6.45, 7) is 0. The maximum Gasteiger partial charge on any atom is 0.160 e. The molecule has 2 nitrogen and oxygen atoms in total. The summed E-state index contributed by atoms with van der Waals surface area (Å²) in [6.07, 6.45) is 0. The van der Waals surface area contributed by atoms with Gasteiger partial charge in [-0.1, -0.05) is 243 Å². The summed E-state index contributed by atoms with van der Waals surface area (Å²) >= 11 is 0. The van der Waals surface area contributed by atoms with E-state index < -0.39 is 10.8 Å². The highest BCUT2D eigenvalue weighted by molar-refractivity contribution is 6.25. The van der Waals surface area contributed by atoms with Crippen LogP contribution in [0.2, 0.25) is 0 Å². The third kappa shape index (κ3) is 4.82. The summed E-state index contributed by atoms with van der Waals surface area (Å²) < 4.78 is 7.61. The van der Waals surface area contributed by atoms with Gasteiger partial charge in [0, 0.05) is 27.5 Å². The quantitative estimate of drug-likeness (QED) is 0.175. The van der Waals surface area contributed by atoms with Crippen molar-refractivity contribution in [3.8, 4) is 55.6 Å². The number of benzene rings is 12. The zero-order valence-corrected chi connectivity index (χ0v) is 40.2. The van der Waals surface area contributed by atoms with Crippen LogP contribution in [0.15, 0.2) is 265 Å². The minimum absolute atomic E-state index is 0.532. The first kappa shape index (κ1) is 40.1. The maximum atomic E-state index is 7.61. The smallest absolute Gasteiger partial charge is 0.160 e. The van der Waals surface area contributed by atoms with Crippen LogP contribution in [0.3, 0.4) is 0 Å². The molecule has 0 saturated carbocycles. The van der Waals surface area contributed by atoms with Crippen molar-refractivity contribution in [2.45, 2.75) is 10.8 Å². The van der Waals surface area contributed by atoms with Crippen LogP contribution in [0.1, 0.15) is 44.5 Å². The Morgan fingerprint density at radius 2 is 0.649 bits per heavy atom. The van der Waals surface area contributed by atoms with Crippen LogP contribution in [0.5, 0.6) is 0 Å². The Hall–Kier alpha value is -9.50. The van der Waals surface area contributed by atoms with Crippen molar-refractivity contribution in [2.75, 3.05) is 4.90 Å². The van der Waals surface area contributed by atoms with Crippen LogP contribution < -0.4 is 4.90 Å². The zero-order valence-electron chi connectivity index (χ0n) is 40.2. The molecular formula is C72H43NO. The van der Waals surface area contributed by atoms with Gasteiger partial charge in [-0.15, -0.1) is 0 Å². The second-order valence-corrected chi connectivity index (χ2v) is 20.5. The Morgan fingerprint density at radius 1 is 0.270 bits per heavy atom. The molecule has 0 amide bonds. The van der Waals surface area contributed by atoms with E-state index in [0.29, 0.717) is 0 Å². The van der Waals surface area contributed by atoms with Crippen LogP contribution in [-0.2, 0) is 10.8 Å². The summed E-state index contributed by atoms with van der Waals surface area (Å²) in [7, 11) is 0. The summed E-state index contributed by atoms with van der Waals surface area (Å²) in [6, 6.07) is 97.6. The SMILES string of the molecule is c1ccc(-c2cccc3c2oc2c(N(c4cccc5c4-c4ccccc4C54c5ccccc5-c5ccccc54)c4cccc5c4-c4ccccc4C54c5ccccc5-c5ccccc54)cc4ccccc4c23)cc1. The molecule has 0 atom stereocenters. The molecule has 1 heterocycles. The number of fused-ring (bicyclic) bond motifs is 25. The number of hydrogen-bond donors (Lipinski definition) is 0. The molecule has 0 unspecified atom stereocenters. The monoisotopic (exact) mass is 937 g/mol. The van der Waals surface area contributed by atoms with Crippen molar-refractivity contribution in [1.29, 1.82) is 0 Å². The van der Waals surface area contributed by atoms with E-state index in [1.807, 2.05) is 0 Å². The second-order valence-electron chi connectivity index (χ2n) is 20.5. The van der Waals surface area contributed by atoms with E-state index in [-0.39, 0.29) is 0 Å². The van der Waals surface area contributed by atoms with E-state index in [1.165, 1.54) is 94.4 Å². The first-order chi connectivity index (χ1) is 36.8. The largest absolute Gasteiger partial charge is 0.453 e. The van der Waals surface area contributed by atoms with Gasteiger partial charge in [-0.3, -0.25) is 0 Å². The molecular weight excluding hydrogens is 895 g/mol. The molecule has 0 aliphatic heterocycles. The fraction of sp³-hybridized carbons (Fsp3) is 0.0278. The highest BCUT2D eigenvalue weighted by Gasteiger charge is 2.54. The van der Waals surface area contributed by atoms with Crippen molar-refractivity contribution in [3.63, 3.8) is 0 Å². The molecule has 0 radical (unpaired) electrons. The Bertz CT molecular complexity index is 4290. The average molecular weight is 938 g/mol. The Morgan fingerprint density at radius 3 is 1.16 bits per heavy atom. The van der Waals surface area contributed by atoms with Gasteiger partial charge in [-0.05, 0) is 112 Å². The molecule has 74 heavy (non-hydrogen) atoms. The van der Waals surface area contributed by atoms with Gasteiger partial charge in [-0.2, -0.15) is 0 Å². The van der Waals surface area contributed by atoms with Gasteiger partial charge in [0.15, 0.2) is 5.58 Å². The van der Waals surface area contributed by atoms with Crippen molar-refractivity contribution < 1.29 is 4.42 Å². The minimum atomic E-state index is -0.532. The molecule has 0 bridgehead atoms. The molecule has 17 rings (SSSR count). The molecule has 4 aliphatic rings. The van der Waals surface area contributed by atoms with Crippen molar-refractivity contribution in [2.24, 2.45) is 0 Å². The molecule has 2 spiro atoms. The number of hydrogen-bond acceptors (Lipinski definition) is 2. The van der Waals surface area contributed by atoms with E-state index in [0.717, 1.165) is 55.5 Å². The number of furan rings is 1. The molecule has 2 heteroatoms. The summed E-state index contributed by atoms with van der Waals surface area (Å²) in [5.74, 6) is 0. The molecule has 13 aromatic rings. The summed E-state index contributed by atoms with van der Waals surface area (Å²) in [4.78, 5) is 2.60. The first-order valence-corrected chi connectivity index (χ1v) is 25.8. The molecule has 0 saturated heterocycles. The second kappa shape index (κ2) is 14.6. The molecule has 0 N–H and O–H groups in total. The summed E-state index contributed by atoms with van der Waals surface area (Å²) in [5, 5.41) is 4.53. The van der Waals surface area contributed by atoms with E-state index in [9.17, 15) is 0 Å². The van der Waals surface area contributed by atoms with Gasteiger partial charge < -0.3 is 9.32 Å². The van der Waals surface area contributed by atoms with Crippen molar-refractivity contribution in [1.82, 2.24) is 0 Å². The van der Waals surface area contributed by atoms with Crippen LogP contribution in [0, 0.1) is 0 Å². The van der Waals surface area contributed by atoms with E-state index in [2.05, 4.69) is 266 Å². The van der Waals surface area contributed by atoms with Gasteiger partial charge in [0.1, 0.15) is 5.58 Å². The van der Waals surface area contributed by atoms with Crippen LogP contribution in [-0.4, -0.2) is 0 Å². The van der Waals surface area contributed by atoms with E-state index >= 15 is 0 Å². The number of rotatable bonds is 4. The number of para-hydroxylation sites is 1. The van der Waals surface area contributed by atoms with Crippen LogP contribution in [0.25, 0.3) is 88.3 Å². The average Bonchev–Trinajstić information content (AvgIpc) is 4.31. The fourth-order valence-electron chi connectivity index (χ4n) is 14.7. The normalized spacial score (nSPS) is 14.2. The third-order valence-electron chi connectivity index (χ3n) is 17.3.